The number of carbonyl (C=O) groups is 2. The van der Waals surface area contributed by atoms with E-state index < -0.39 is 18.5 Å². The summed E-state index contributed by atoms with van der Waals surface area (Å²) in [6.45, 7) is 1.30. The zero-order valence-electron chi connectivity index (χ0n) is 13.7. The first-order valence-electron chi connectivity index (χ1n) is 7.65. The minimum Gasteiger partial charge on any atom is -0.451 e. The molecule has 3 rings (SSSR count). The van der Waals surface area contributed by atoms with Gasteiger partial charge in [0.15, 0.2) is 6.61 Å². The summed E-state index contributed by atoms with van der Waals surface area (Å²) in [5, 5.41) is 3.62. The van der Waals surface area contributed by atoms with Crippen LogP contribution in [0.3, 0.4) is 0 Å². The van der Waals surface area contributed by atoms with E-state index in [0.29, 0.717) is 32.0 Å². The largest absolute Gasteiger partial charge is 0.451 e. The highest BCUT2D eigenvalue weighted by Gasteiger charge is 2.19. The molecule has 0 bridgehead atoms. The molecular weight excluding hydrogens is 374 g/mol. The predicted octanol–water partition coefficient (Wildman–Crippen LogP) is 3.96. The van der Waals surface area contributed by atoms with E-state index in [-0.39, 0.29) is 0 Å². The van der Waals surface area contributed by atoms with Crippen molar-refractivity contribution in [3.05, 3.63) is 64.3 Å². The number of para-hydroxylation sites is 1. The third-order valence-corrected chi connectivity index (χ3v) is 4.84. The van der Waals surface area contributed by atoms with Crippen LogP contribution in [0.2, 0.25) is 5.02 Å². The first-order valence-corrected chi connectivity index (χ1v) is 8.84. The number of thiazole rings is 1. The van der Waals surface area contributed by atoms with Gasteiger partial charge in [0.25, 0.3) is 5.91 Å². The summed E-state index contributed by atoms with van der Waals surface area (Å²) in [7, 11) is 0. The van der Waals surface area contributed by atoms with Gasteiger partial charge in [-0.15, -0.1) is 11.3 Å². The fourth-order valence-electron chi connectivity index (χ4n) is 2.13. The van der Waals surface area contributed by atoms with Crippen LogP contribution < -0.4 is 5.32 Å². The molecule has 0 aliphatic rings. The van der Waals surface area contributed by atoms with Crippen molar-refractivity contribution in [2.45, 2.75) is 6.92 Å². The molecule has 0 saturated carbocycles. The van der Waals surface area contributed by atoms with Gasteiger partial charge < -0.3 is 10.1 Å². The van der Waals surface area contributed by atoms with E-state index >= 15 is 0 Å². The third kappa shape index (κ3) is 4.25. The molecule has 0 radical (unpaired) electrons. The third-order valence-electron chi connectivity index (χ3n) is 3.35. The molecule has 6 nitrogen and oxygen atoms in total. The molecule has 0 atom stereocenters. The van der Waals surface area contributed by atoms with Crippen molar-refractivity contribution in [1.29, 1.82) is 0 Å². The number of pyridine rings is 1. The number of nitrogens with one attached hydrogen (secondary N) is 1. The van der Waals surface area contributed by atoms with Crippen LogP contribution in [0.5, 0.6) is 0 Å². The molecule has 0 spiro atoms. The topological polar surface area (TPSA) is 81.2 Å². The van der Waals surface area contributed by atoms with Crippen molar-refractivity contribution in [3.8, 4) is 10.7 Å². The highest BCUT2D eigenvalue weighted by atomic mass is 35.5. The molecule has 1 aromatic carbocycles. The first kappa shape index (κ1) is 18.0. The van der Waals surface area contributed by atoms with Gasteiger partial charge >= 0.3 is 5.97 Å². The molecule has 2 aromatic heterocycles. The van der Waals surface area contributed by atoms with Crippen molar-refractivity contribution in [2.75, 3.05) is 11.9 Å². The maximum Gasteiger partial charge on any atom is 0.350 e. The molecular formula is C18H14ClN3O3S. The van der Waals surface area contributed by atoms with E-state index in [0.717, 1.165) is 0 Å². The zero-order chi connectivity index (χ0) is 18.5. The van der Waals surface area contributed by atoms with E-state index in [1.165, 1.54) is 11.3 Å². The molecule has 3 aromatic rings. The average Bonchev–Trinajstić information content (AvgIpc) is 3.04. The fraction of sp³-hybridized carbons (Fsp3) is 0.111. The maximum absolute atomic E-state index is 12.3. The Morgan fingerprint density at radius 3 is 2.69 bits per heavy atom. The van der Waals surface area contributed by atoms with Crippen molar-refractivity contribution in [2.24, 2.45) is 0 Å². The first-order chi connectivity index (χ1) is 12.5. The molecule has 26 heavy (non-hydrogen) atoms. The normalized spacial score (nSPS) is 10.4. The van der Waals surface area contributed by atoms with Crippen molar-refractivity contribution >= 4 is 40.5 Å². The standard InChI is InChI=1S/C18H14ClN3O3S/c1-11-16(26-17(21-11)14-8-4-5-9-20-14)18(24)25-10-15(23)22-13-7-3-2-6-12(13)19/h2-9H,10H2,1H3,(H,22,23). The van der Waals surface area contributed by atoms with Gasteiger partial charge in [-0.05, 0) is 31.2 Å². The summed E-state index contributed by atoms with van der Waals surface area (Å²) in [6.07, 6.45) is 1.66. The Kier molecular flexibility index (Phi) is 5.60. The van der Waals surface area contributed by atoms with E-state index in [2.05, 4.69) is 15.3 Å². The lowest BCUT2D eigenvalue weighted by molar-refractivity contribution is -0.119. The summed E-state index contributed by atoms with van der Waals surface area (Å²) in [5.41, 5.74) is 1.67. The number of hydrogen-bond donors (Lipinski definition) is 1. The number of hydrogen-bond acceptors (Lipinski definition) is 6. The minimum absolute atomic E-state index is 0.344. The Balaban J connectivity index is 1.63. The van der Waals surface area contributed by atoms with Crippen molar-refractivity contribution in [3.63, 3.8) is 0 Å². The van der Waals surface area contributed by atoms with Crippen LogP contribution in [0.15, 0.2) is 48.7 Å². The minimum atomic E-state index is -0.600. The van der Waals surface area contributed by atoms with E-state index in [4.69, 9.17) is 16.3 Å². The molecule has 2 heterocycles. The molecule has 1 N–H and O–H groups in total. The number of nitrogens with zero attached hydrogens (tertiary/aromatic N) is 2. The summed E-state index contributed by atoms with van der Waals surface area (Å²) in [6, 6.07) is 12.3. The second-order valence-electron chi connectivity index (χ2n) is 5.25. The Bertz CT molecular complexity index is 944. The summed E-state index contributed by atoms with van der Waals surface area (Å²) < 4.78 is 5.09. The number of anilines is 1. The lowest BCUT2D eigenvalue weighted by atomic mass is 10.3. The number of aromatic nitrogens is 2. The van der Waals surface area contributed by atoms with Gasteiger partial charge in [0.05, 0.1) is 22.1 Å². The monoisotopic (exact) mass is 387 g/mol. The molecule has 0 saturated heterocycles. The van der Waals surface area contributed by atoms with E-state index in [1.807, 2.05) is 12.1 Å². The number of carbonyl (C=O) groups excluding carboxylic acids is 2. The molecule has 1 amide bonds. The lowest BCUT2D eigenvalue weighted by Gasteiger charge is -2.07. The highest BCUT2D eigenvalue weighted by molar-refractivity contribution is 7.17. The lowest BCUT2D eigenvalue weighted by Crippen LogP contribution is -2.21. The number of benzene rings is 1. The smallest absolute Gasteiger partial charge is 0.350 e. The van der Waals surface area contributed by atoms with Gasteiger partial charge in [0, 0.05) is 6.20 Å². The molecule has 8 heteroatoms. The van der Waals surface area contributed by atoms with Crippen LogP contribution in [0, 0.1) is 6.92 Å². The molecule has 0 fully saturated rings. The van der Waals surface area contributed by atoms with Gasteiger partial charge in [0.1, 0.15) is 9.88 Å². The van der Waals surface area contributed by atoms with Crippen molar-refractivity contribution in [1.82, 2.24) is 9.97 Å². The van der Waals surface area contributed by atoms with E-state index in [1.54, 1.807) is 43.5 Å². The highest BCUT2D eigenvalue weighted by Crippen LogP contribution is 2.27. The summed E-state index contributed by atoms with van der Waals surface area (Å²) in [4.78, 5) is 33.1. The second-order valence-corrected chi connectivity index (χ2v) is 6.66. The van der Waals surface area contributed by atoms with Gasteiger partial charge in [-0.25, -0.2) is 9.78 Å². The van der Waals surface area contributed by atoms with Crippen LogP contribution in [0.25, 0.3) is 10.7 Å². The number of rotatable bonds is 5. The fourth-order valence-corrected chi connectivity index (χ4v) is 3.25. The van der Waals surface area contributed by atoms with Gasteiger partial charge in [-0.2, -0.15) is 0 Å². The Hall–Kier alpha value is -2.77. The number of amides is 1. The number of esters is 1. The predicted molar refractivity (Wildman–Crippen MR) is 100 cm³/mol. The number of aryl methyl sites for hydroxylation is 1. The quantitative estimate of drug-likeness (QED) is 0.670. The zero-order valence-corrected chi connectivity index (χ0v) is 15.3. The van der Waals surface area contributed by atoms with Crippen molar-refractivity contribution < 1.29 is 14.3 Å². The van der Waals surface area contributed by atoms with Gasteiger partial charge in [0.2, 0.25) is 0 Å². The Labute approximate surface area is 158 Å². The average molecular weight is 388 g/mol. The Morgan fingerprint density at radius 2 is 1.96 bits per heavy atom. The summed E-state index contributed by atoms with van der Waals surface area (Å²) in [5.74, 6) is -1.07. The molecule has 0 aliphatic carbocycles. The Morgan fingerprint density at radius 1 is 1.19 bits per heavy atom. The van der Waals surface area contributed by atoms with Crippen LogP contribution >= 0.6 is 22.9 Å². The molecule has 0 unspecified atom stereocenters. The van der Waals surface area contributed by atoms with Crippen LogP contribution in [-0.2, 0) is 9.53 Å². The summed E-state index contributed by atoms with van der Waals surface area (Å²) >= 11 is 7.15. The maximum atomic E-state index is 12.3. The second kappa shape index (κ2) is 8.07. The van der Waals surface area contributed by atoms with Gasteiger partial charge in [-0.1, -0.05) is 29.8 Å². The van der Waals surface area contributed by atoms with Crippen LogP contribution in [-0.4, -0.2) is 28.5 Å². The SMILES string of the molecule is Cc1nc(-c2ccccn2)sc1C(=O)OCC(=O)Nc1ccccc1Cl. The van der Waals surface area contributed by atoms with Crippen LogP contribution in [0.4, 0.5) is 5.69 Å². The molecule has 0 aliphatic heterocycles. The number of halogens is 1. The molecule has 132 valence electrons. The van der Waals surface area contributed by atoms with Crippen LogP contribution in [0.1, 0.15) is 15.4 Å². The van der Waals surface area contributed by atoms with Gasteiger partial charge in [-0.3, -0.25) is 9.78 Å². The number of ether oxygens (including phenoxy) is 1. The van der Waals surface area contributed by atoms with E-state index in [9.17, 15) is 9.59 Å².